The summed E-state index contributed by atoms with van der Waals surface area (Å²) in [5, 5.41) is 30.9. The molecule has 1 amide bonds. The highest BCUT2D eigenvalue weighted by molar-refractivity contribution is 6.04. The van der Waals surface area contributed by atoms with Crippen LogP contribution >= 0.6 is 0 Å². The lowest BCUT2D eigenvalue weighted by molar-refractivity contribution is 0.100. The molecule has 0 bridgehead atoms. The number of nitrogens with zero attached hydrogens (tertiary/aromatic N) is 6. The number of nitrogens with two attached hydrogens (primary N) is 1. The van der Waals surface area contributed by atoms with E-state index in [2.05, 4.69) is 31.4 Å². The van der Waals surface area contributed by atoms with Crippen LogP contribution in [0.4, 0.5) is 23.1 Å². The van der Waals surface area contributed by atoms with Crippen LogP contribution in [0, 0.1) is 39.5 Å². The van der Waals surface area contributed by atoms with Crippen LogP contribution in [0.1, 0.15) is 54.6 Å². The molecule has 2 fully saturated rings. The molecule has 2 aromatic rings. The Morgan fingerprint density at radius 2 is 1.74 bits per heavy atom. The van der Waals surface area contributed by atoms with E-state index in [1.807, 2.05) is 29.2 Å². The second kappa shape index (κ2) is 12.2. The van der Waals surface area contributed by atoms with Crippen molar-refractivity contribution >= 4 is 41.1 Å². The van der Waals surface area contributed by atoms with Gasteiger partial charge in [-0.15, -0.1) is 5.11 Å². The minimum Gasteiger partial charge on any atom is -0.372 e. The van der Waals surface area contributed by atoms with Gasteiger partial charge in [0.2, 0.25) is 5.95 Å². The van der Waals surface area contributed by atoms with Gasteiger partial charge >= 0.3 is 0 Å². The first-order valence-corrected chi connectivity index (χ1v) is 12.8. The van der Waals surface area contributed by atoms with Crippen molar-refractivity contribution in [2.24, 2.45) is 22.7 Å². The summed E-state index contributed by atoms with van der Waals surface area (Å²) in [6.45, 7) is 3.14. The smallest absolute Gasteiger partial charge is 0.254 e. The average molecular weight is 516 g/mol. The van der Waals surface area contributed by atoms with Gasteiger partial charge in [0.1, 0.15) is 22.9 Å². The molecule has 3 heterocycles. The molecule has 1 aromatic carbocycles. The van der Waals surface area contributed by atoms with E-state index in [-0.39, 0.29) is 22.9 Å². The van der Waals surface area contributed by atoms with E-state index in [0.29, 0.717) is 43.7 Å². The molecule has 38 heavy (non-hydrogen) atoms. The molecule has 6 N–H and O–H groups in total. The highest BCUT2D eigenvalue weighted by atomic mass is 16.1. The molecular formula is C26H33N11O. The Balaban J connectivity index is 1.48. The molecule has 2 saturated heterocycles. The number of amides is 1. The molecule has 4 rings (SSSR count). The SMILES string of the molecule is N#CCC1CCN(c2nc(C=N)c(C(N)=O)c(Nc3ccc(N4CCC(CC(=N)N=N)CC4)cc3)n2)CC1. The Labute approximate surface area is 221 Å². The summed E-state index contributed by atoms with van der Waals surface area (Å²) in [5.74, 6) is 0.853. The molecule has 2 aliphatic rings. The Hall–Kier alpha value is -4.40. The van der Waals surface area contributed by atoms with Gasteiger partial charge in [0, 0.05) is 56.6 Å². The van der Waals surface area contributed by atoms with Crippen molar-refractivity contribution in [2.75, 3.05) is 41.3 Å². The Kier molecular flexibility index (Phi) is 8.58. The molecule has 0 aliphatic carbocycles. The number of piperidine rings is 2. The van der Waals surface area contributed by atoms with Crippen molar-refractivity contribution < 1.29 is 4.79 Å². The van der Waals surface area contributed by atoms with E-state index in [0.717, 1.165) is 56.4 Å². The molecule has 0 unspecified atom stereocenters. The fourth-order valence-corrected chi connectivity index (χ4v) is 5.12. The summed E-state index contributed by atoms with van der Waals surface area (Å²) < 4.78 is 0. The van der Waals surface area contributed by atoms with E-state index in [1.165, 1.54) is 0 Å². The second-order valence-corrected chi connectivity index (χ2v) is 9.80. The summed E-state index contributed by atoms with van der Waals surface area (Å²) in [4.78, 5) is 25.7. The molecule has 198 valence electrons. The van der Waals surface area contributed by atoms with Crippen LogP contribution in [-0.2, 0) is 0 Å². The third-order valence-corrected chi connectivity index (χ3v) is 7.31. The summed E-state index contributed by atoms with van der Waals surface area (Å²) in [5.41, 5.74) is 14.7. The van der Waals surface area contributed by atoms with Gasteiger partial charge in [0.05, 0.1) is 6.07 Å². The van der Waals surface area contributed by atoms with E-state index < -0.39 is 5.91 Å². The second-order valence-electron chi connectivity index (χ2n) is 9.80. The van der Waals surface area contributed by atoms with Crippen molar-refractivity contribution in [3.63, 3.8) is 0 Å². The Morgan fingerprint density at radius 1 is 1.11 bits per heavy atom. The third-order valence-electron chi connectivity index (χ3n) is 7.31. The highest BCUT2D eigenvalue weighted by Crippen LogP contribution is 2.30. The van der Waals surface area contributed by atoms with E-state index in [9.17, 15) is 4.79 Å². The predicted molar refractivity (Wildman–Crippen MR) is 146 cm³/mol. The number of primary amides is 1. The molecule has 0 saturated carbocycles. The number of anilines is 4. The summed E-state index contributed by atoms with van der Waals surface area (Å²) in [6, 6.07) is 10.1. The van der Waals surface area contributed by atoms with Crippen molar-refractivity contribution in [3.05, 3.63) is 35.5 Å². The highest BCUT2D eigenvalue weighted by Gasteiger charge is 2.25. The molecule has 12 heteroatoms. The summed E-state index contributed by atoms with van der Waals surface area (Å²) >= 11 is 0. The number of rotatable bonds is 9. The Morgan fingerprint density at radius 3 is 2.32 bits per heavy atom. The first-order chi connectivity index (χ1) is 18.4. The molecule has 12 nitrogen and oxygen atoms in total. The number of aromatic nitrogens is 2. The minimum atomic E-state index is -0.712. The van der Waals surface area contributed by atoms with Crippen LogP contribution in [0.2, 0.25) is 0 Å². The summed E-state index contributed by atoms with van der Waals surface area (Å²) in [6.07, 6.45) is 5.72. The zero-order valence-corrected chi connectivity index (χ0v) is 21.3. The molecule has 1 aromatic heterocycles. The standard InChI is InChI=1S/C26H33N11O/c27-10-5-17-6-13-37(14-7-17)26-33-21(16-28)23(24(30)38)25(34-26)32-19-1-3-20(4-2-19)36-11-8-18(9-12-36)15-22(29)35-31/h1-4,16-18,28-29,31H,5-9,11-15H2,(H2,30,38)(H,32,33,34). The van der Waals surface area contributed by atoms with Crippen molar-refractivity contribution in [2.45, 2.75) is 38.5 Å². The molecular weight excluding hydrogens is 482 g/mol. The molecule has 0 spiro atoms. The zero-order valence-electron chi connectivity index (χ0n) is 21.3. The largest absolute Gasteiger partial charge is 0.372 e. The first-order valence-electron chi connectivity index (χ1n) is 12.8. The molecule has 2 aliphatic heterocycles. The number of hydrogen-bond donors (Lipinski definition) is 5. The normalized spacial score (nSPS) is 16.5. The van der Waals surface area contributed by atoms with Crippen LogP contribution in [0.3, 0.4) is 0 Å². The number of nitriles is 1. The zero-order chi connectivity index (χ0) is 27.1. The fourth-order valence-electron chi connectivity index (χ4n) is 5.12. The number of benzene rings is 1. The maximum atomic E-state index is 12.3. The lowest BCUT2D eigenvalue weighted by atomic mass is 9.93. The lowest BCUT2D eigenvalue weighted by Gasteiger charge is -2.33. The minimum absolute atomic E-state index is 0.0687. The van der Waals surface area contributed by atoms with Crippen molar-refractivity contribution in [3.8, 4) is 6.07 Å². The van der Waals surface area contributed by atoms with Crippen molar-refractivity contribution in [1.82, 2.24) is 9.97 Å². The number of nitrogens with one attached hydrogen (secondary N) is 4. The van der Waals surface area contributed by atoms with E-state index in [1.54, 1.807) is 0 Å². The number of carbonyl (C=O) groups is 1. The number of carbonyl (C=O) groups excluding carboxylic acids is 1. The van der Waals surface area contributed by atoms with Crippen LogP contribution in [0.25, 0.3) is 0 Å². The average Bonchev–Trinajstić information content (AvgIpc) is 2.94. The first kappa shape index (κ1) is 26.7. The van der Waals surface area contributed by atoms with Crippen LogP contribution < -0.4 is 20.9 Å². The van der Waals surface area contributed by atoms with Gasteiger partial charge in [-0.1, -0.05) is 0 Å². The van der Waals surface area contributed by atoms with Gasteiger partial charge in [-0.3, -0.25) is 10.2 Å². The van der Waals surface area contributed by atoms with Crippen LogP contribution in [0.15, 0.2) is 29.4 Å². The number of hydrogen-bond acceptors (Lipinski definition) is 10. The van der Waals surface area contributed by atoms with Gasteiger partial charge in [0.25, 0.3) is 5.91 Å². The Bertz CT molecular complexity index is 1220. The van der Waals surface area contributed by atoms with Crippen LogP contribution in [0.5, 0.6) is 0 Å². The molecule has 0 atom stereocenters. The fraction of sp³-hybridized carbons (Fsp3) is 0.462. The van der Waals surface area contributed by atoms with E-state index in [4.69, 9.17) is 27.3 Å². The van der Waals surface area contributed by atoms with Gasteiger partial charge in [-0.05, 0) is 61.8 Å². The van der Waals surface area contributed by atoms with Gasteiger partial charge < -0.3 is 26.3 Å². The van der Waals surface area contributed by atoms with Gasteiger partial charge in [-0.25, -0.2) is 10.5 Å². The van der Waals surface area contributed by atoms with E-state index >= 15 is 0 Å². The van der Waals surface area contributed by atoms with Crippen LogP contribution in [-0.4, -0.2) is 54.1 Å². The maximum Gasteiger partial charge on any atom is 0.254 e. The quantitative estimate of drug-likeness (QED) is 0.188. The maximum absolute atomic E-state index is 12.3. The lowest BCUT2D eigenvalue weighted by Crippen LogP contribution is -2.35. The van der Waals surface area contributed by atoms with Crippen molar-refractivity contribution in [1.29, 1.82) is 21.6 Å². The van der Waals surface area contributed by atoms with Gasteiger partial charge in [0.15, 0.2) is 0 Å². The summed E-state index contributed by atoms with van der Waals surface area (Å²) in [7, 11) is 0. The topological polar surface area (TPSA) is 195 Å². The van der Waals surface area contributed by atoms with Gasteiger partial charge in [-0.2, -0.15) is 10.2 Å². The number of amidine groups is 1. The predicted octanol–water partition coefficient (Wildman–Crippen LogP) is 4.06. The monoisotopic (exact) mass is 515 g/mol. The third kappa shape index (κ3) is 6.29. The molecule has 0 radical (unpaired) electrons.